The number of rotatable bonds is 5. The molecule has 0 aliphatic heterocycles. The molecule has 0 aromatic carbocycles. The second-order valence-electron chi connectivity index (χ2n) is 4.02. The van der Waals surface area contributed by atoms with E-state index in [0.717, 1.165) is 18.7 Å². The number of likely N-dealkylation sites (N-methyl/N-ethyl adjacent to an activating group) is 1. The minimum absolute atomic E-state index is 0.336. The predicted molar refractivity (Wildman–Crippen MR) is 81.4 cm³/mol. The van der Waals surface area contributed by atoms with E-state index in [9.17, 15) is 0 Å². The van der Waals surface area contributed by atoms with Crippen molar-refractivity contribution in [2.75, 3.05) is 18.5 Å². The van der Waals surface area contributed by atoms with Gasteiger partial charge in [-0.3, -0.25) is 4.98 Å². The van der Waals surface area contributed by atoms with E-state index in [2.05, 4.69) is 34.4 Å². The topological polar surface area (TPSA) is 42.1 Å². The molecule has 2 aromatic rings. The minimum atomic E-state index is 0.336. The molecule has 0 aliphatic carbocycles. The molecule has 2 N–H and O–H groups in total. The van der Waals surface area contributed by atoms with Gasteiger partial charge in [0.1, 0.15) is 4.99 Å². The number of thiocarbonyl (C=S) groups is 1. The van der Waals surface area contributed by atoms with Crippen LogP contribution < -0.4 is 10.6 Å². The molecule has 0 fully saturated rings. The molecule has 18 heavy (non-hydrogen) atoms. The van der Waals surface area contributed by atoms with Crippen LogP contribution in [-0.4, -0.2) is 23.6 Å². The van der Waals surface area contributed by atoms with E-state index in [1.165, 1.54) is 4.88 Å². The summed E-state index contributed by atoms with van der Waals surface area (Å²) in [5, 5.41) is 2.11. The zero-order valence-corrected chi connectivity index (χ0v) is 11.8. The third-order valence-corrected chi connectivity index (χ3v) is 3.86. The Labute approximate surface area is 116 Å². The van der Waals surface area contributed by atoms with E-state index in [4.69, 9.17) is 18.0 Å². The summed E-state index contributed by atoms with van der Waals surface area (Å²) in [7, 11) is 2.06. The first-order valence-corrected chi connectivity index (χ1v) is 6.95. The van der Waals surface area contributed by atoms with Gasteiger partial charge in [-0.25, -0.2) is 0 Å². The third-order valence-electron chi connectivity index (χ3n) is 2.71. The molecule has 3 nitrogen and oxygen atoms in total. The van der Waals surface area contributed by atoms with Gasteiger partial charge in [0.25, 0.3) is 0 Å². The second kappa shape index (κ2) is 5.93. The number of nitrogens with two attached hydrogens (primary N) is 1. The van der Waals surface area contributed by atoms with Crippen LogP contribution in [0.2, 0.25) is 0 Å². The Morgan fingerprint density at radius 3 is 2.83 bits per heavy atom. The van der Waals surface area contributed by atoms with Crippen LogP contribution in [-0.2, 0) is 6.42 Å². The lowest BCUT2D eigenvalue weighted by atomic mass is 10.3. The van der Waals surface area contributed by atoms with Crippen LogP contribution in [0.25, 0.3) is 0 Å². The highest BCUT2D eigenvalue weighted by Gasteiger charge is 2.04. The van der Waals surface area contributed by atoms with Crippen LogP contribution in [0.3, 0.4) is 0 Å². The molecule has 0 amide bonds. The summed E-state index contributed by atoms with van der Waals surface area (Å²) >= 11 is 6.67. The van der Waals surface area contributed by atoms with Gasteiger partial charge in [-0.2, -0.15) is 0 Å². The van der Waals surface area contributed by atoms with Crippen molar-refractivity contribution in [1.29, 1.82) is 0 Å². The number of pyridine rings is 1. The molecule has 0 saturated heterocycles. The van der Waals surface area contributed by atoms with Crippen LogP contribution in [0.4, 0.5) is 5.69 Å². The average Bonchev–Trinajstić information content (AvgIpc) is 2.89. The van der Waals surface area contributed by atoms with Gasteiger partial charge in [-0.1, -0.05) is 18.3 Å². The maximum Gasteiger partial charge on any atom is 0.122 e. The van der Waals surface area contributed by atoms with E-state index >= 15 is 0 Å². The Kier molecular flexibility index (Phi) is 4.28. The SMILES string of the molecule is CN(CCc1cccs1)c1ccc(C(N)=S)nc1. The monoisotopic (exact) mass is 277 g/mol. The lowest BCUT2D eigenvalue weighted by Crippen LogP contribution is -2.20. The van der Waals surface area contributed by atoms with Gasteiger partial charge in [-0.05, 0) is 30.0 Å². The first-order valence-electron chi connectivity index (χ1n) is 5.66. The highest BCUT2D eigenvalue weighted by Crippen LogP contribution is 2.14. The fourth-order valence-corrected chi connectivity index (χ4v) is 2.44. The summed E-state index contributed by atoms with van der Waals surface area (Å²) in [6.07, 6.45) is 2.86. The molecule has 94 valence electrons. The summed E-state index contributed by atoms with van der Waals surface area (Å²) in [6.45, 7) is 0.967. The van der Waals surface area contributed by atoms with Crippen LogP contribution in [0.15, 0.2) is 35.8 Å². The van der Waals surface area contributed by atoms with Crippen molar-refractivity contribution in [1.82, 2.24) is 4.98 Å². The maximum atomic E-state index is 5.52. The number of anilines is 1. The third kappa shape index (κ3) is 3.27. The fraction of sp³-hybridized carbons (Fsp3) is 0.231. The molecule has 0 aliphatic rings. The summed E-state index contributed by atoms with van der Waals surface area (Å²) in [5.74, 6) is 0. The Hall–Kier alpha value is -1.46. The first-order chi connectivity index (χ1) is 8.66. The maximum absolute atomic E-state index is 5.52. The van der Waals surface area contributed by atoms with Crippen LogP contribution in [0.5, 0.6) is 0 Å². The van der Waals surface area contributed by atoms with Crippen molar-refractivity contribution in [3.63, 3.8) is 0 Å². The van der Waals surface area contributed by atoms with E-state index in [1.54, 1.807) is 11.3 Å². The normalized spacial score (nSPS) is 10.3. The lowest BCUT2D eigenvalue weighted by Gasteiger charge is -2.18. The summed E-state index contributed by atoms with van der Waals surface area (Å²) < 4.78 is 0. The molecule has 0 radical (unpaired) electrons. The van der Waals surface area contributed by atoms with Gasteiger partial charge >= 0.3 is 0 Å². The van der Waals surface area contributed by atoms with Gasteiger partial charge in [0.2, 0.25) is 0 Å². The van der Waals surface area contributed by atoms with Crippen LogP contribution >= 0.6 is 23.6 Å². The molecule has 0 atom stereocenters. The smallest absolute Gasteiger partial charge is 0.122 e. The number of aromatic nitrogens is 1. The molecule has 2 aromatic heterocycles. The van der Waals surface area contributed by atoms with E-state index in [0.29, 0.717) is 10.7 Å². The van der Waals surface area contributed by atoms with Gasteiger partial charge in [0, 0.05) is 18.5 Å². The van der Waals surface area contributed by atoms with E-state index < -0.39 is 0 Å². The molecular weight excluding hydrogens is 262 g/mol. The number of hydrogen-bond donors (Lipinski definition) is 1. The van der Waals surface area contributed by atoms with Crippen molar-refractivity contribution in [3.8, 4) is 0 Å². The average molecular weight is 277 g/mol. The van der Waals surface area contributed by atoms with Crippen molar-refractivity contribution in [2.45, 2.75) is 6.42 Å². The first kappa shape index (κ1) is 13.0. The van der Waals surface area contributed by atoms with Crippen molar-refractivity contribution in [3.05, 3.63) is 46.4 Å². The quantitative estimate of drug-likeness (QED) is 0.853. The molecule has 2 rings (SSSR count). The van der Waals surface area contributed by atoms with Gasteiger partial charge < -0.3 is 10.6 Å². The van der Waals surface area contributed by atoms with Gasteiger partial charge in [-0.15, -0.1) is 11.3 Å². The molecular formula is C13H15N3S2. The Balaban J connectivity index is 1.96. The molecule has 2 heterocycles. The summed E-state index contributed by atoms with van der Waals surface area (Å²) in [4.78, 5) is 8.15. The number of nitrogens with zero attached hydrogens (tertiary/aromatic N) is 2. The largest absolute Gasteiger partial charge is 0.388 e. The lowest BCUT2D eigenvalue weighted by molar-refractivity contribution is 0.884. The predicted octanol–water partition coefficient (Wildman–Crippen LogP) is 2.46. The summed E-state index contributed by atoms with van der Waals surface area (Å²) in [6, 6.07) is 8.10. The van der Waals surface area contributed by atoms with E-state index in [-0.39, 0.29) is 0 Å². The van der Waals surface area contributed by atoms with Crippen LogP contribution in [0, 0.1) is 0 Å². The molecule has 0 bridgehead atoms. The Morgan fingerprint density at radius 2 is 2.28 bits per heavy atom. The Bertz CT molecular complexity index is 506. The fourth-order valence-electron chi connectivity index (χ4n) is 1.62. The molecule has 0 spiro atoms. The molecule has 0 saturated carbocycles. The molecule has 5 heteroatoms. The highest BCUT2D eigenvalue weighted by atomic mass is 32.1. The number of hydrogen-bond acceptors (Lipinski definition) is 4. The minimum Gasteiger partial charge on any atom is -0.388 e. The zero-order chi connectivity index (χ0) is 13.0. The van der Waals surface area contributed by atoms with Crippen LogP contribution in [0.1, 0.15) is 10.6 Å². The second-order valence-corrected chi connectivity index (χ2v) is 5.49. The Morgan fingerprint density at radius 1 is 1.44 bits per heavy atom. The van der Waals surface area contributed by atoms with Gasteiger partial charge in [0.05, 0.1) is 17.6 Å². The van der Waals surface area contributed by atoms with Crippen molar-refractivity contribution in [2.24, 2.45) is 5.73 Å². The zero-order valence-electron chi connectivity index (χ0n) is 10.2. The van der Waals surface area contributed by atoms with E-state index in [1.807, 2.05) is 18.3 Å². The summed E-state index contributed by atoms with van der Waals surface area (Å²) in [5.41, 5.74) is 7.26. The van der Waals surface area contributed by atoms with Crippen molar-refractivity contribution < 1.29 is 0 Å². The van der Waals surface area contributed by atoms with Gasteiger partial charge in [0.15, 0.2) is 0 Å². The molecule has 0 unspecified atom stereocenters. The highest BCUT2D eigenvalue weighted by molar-refractivity contribution is 7.80. The van der Waals surface area contributed by atoms with Crippen molar-refractivity contribution >= 4 is 34.2 Å². The standard InChI is InChI=1S/C13H15N3S2/c1-16(7-6-11-3-2-8-18-11)10-4-5-12(13(14)17)15-9-10/h2-5,8-9H,6-7H2,1H3,(H2,14,17). The number of thiophene rings is 1.